The van der Waals surface area contributed by atoms with Crippen LogP contribution in [-0.4, -0.2) is 27.7 Å². The fourth-order valence-electron chi connectivity index (χ4n) is 4.18. The molecular formula is C26H19BF2N4O. The molecule has 34 heavy (non-hydrogen) atoms. The Kier molecular flexibility index (Phi) is 4.65. The average molecular weight is 452 g/mol. The van der Waals surface area contributed by atoms with Crippen molar-refractivity contribution >= 4 is 47.3 Å². The number of nitrogens with zero attached hydrogens (tertiary/aromatic N) is 3. The minimum Gasteiger partial charge on any atom is -0.630 e. The fourth-order valence-corrected chi connectivity index (χ4v) is 4.18. The summed E-state index contributed by atoms with van der Waals surface area (Å²) in [7, 11) is -4.39. The Morgan fingerprint density at radius 3 is 2.09 bits per heavy atom. The molecule has 0 radical (unpaired) electrons. The SMILES string of the molecule is F[B-]1(F)Oc2cc(N(c3ccccc3)c3ccccc3)ccc2C=[N+]1c1nc2ccccc2[nH]1. The highest BCUT2D eigenvalue weighted by Crippen LogP contribution is 2.39. The summed E-state index contributed by atoms with van der Waals surface area (Å²) in [5, 5.41) is 0. The van der Waals surface area contributed by atoms with Crippen LogP contribution in [0.25, 0.3) is 11.0 Å². The van der Waals surface area contributed by atoms with Crippen LogP contribution in [-0.2, 0) is 0 Å². The third kappa shape index (κ3) is 3.49. The number of hydrogen-bond donors (Lipinski definition) is 1. The van der Waals surface area contributed by atoms with Crippen LogP contribution in [0.15, 0.2) is 103 Å². The van der Waals surface area contributed by atoms with Crippen molar-refractivity contribution < 1.29 is 17.8 Å². The minimum absolute atomic E-state index is 0.0381. The molecule has 6 rings (SSSR count). The molecule has 0 spiro atoms. The van der Waals surface area contributed by atoms with E-state index in [1.807, 2.05) is 83.8 Å². The second kappa shape index (κ2) is 7.84. The lowest BCUT2D eigenvalue weighted by molar-refractivity contribution is -0.352. The van der Waals surface area contributed by atoms with Crippen LogP contribution in [0, 0.1) is 0 Å². The highest BCUT2D eigenvalue weighted by molar-refractivity contribution is 6.53. The van der Waals surface area contributed by atoms with Crippen molar-refractivity contribution in [2.24, 2.45) is 0 Å². The van der Waals surface area contributed by atoms with Crippen LogP contribution in [0.4, 0.5) is 31.6 Å². The first-order chi connectivity index (χ1) is 16.6. The van der Waals surface area contributed by atoms with Gasteiger partial charge in [0.25, 0.3) is 0 Å². The molecule has 1 aliphatic rings. The number of rotatable bonds is 4. The Hall–Kier alpha value is -4.46. The van der Waals surface area contributed by atoms with Gasteiger partial charge in [-0.15, -0.1) is 0 Å². The molecular weight excluding hydrogens is 433 g/mol. The van der Waals surface area contributed by atoms with Gasteiger partial charge >= 0.3 is 13.0 Å². The van der Waals surface area contributed by atoms with Crippen molar-refractivity contribution in [3.63, 3.8) is 0 Å². The monoisotopic (exact) mass is 452 g/mol. The van der Waals surface area contributed by atoms with Crippen molar-refractivity contribution in [2.75, 3.05) is 4.90 Å². The summed E-state index contributed by atoms with van der Waals surface area (Å²) in [6, 6.07) is 32.1. The zero-order chi connectivity index (χ0) is 23.1. The molecule has 4 aromatic carbocycles. The number of imidazole rings is 1. The lowest BCUT2D eigenvalue weighted by Gasteiger charge is -2.33. The van der Waals surface area contributed by atoms with E-state index in [0.717, 1.165) is 15.9 Å². The Morgan fingerprint density at radius 1 is 0.765 bits per heavy atom. The minimum atomic E-state index is -4.39. The number of anilines is 3. The van der Waals surface area contributed by atoms with Crippen molar-refractivity contribution in [1.29, 1.82) is 0 Å². The Balaban J connectivity index is 1.45. The van der Waals surface area contributed by atoms with E-state index in [0.29, 0.717) is 22.3 Å². The summed E-state index contributed by atoms with van der Waals surface area (Å²) in [6.07, 6.45) is 1.38. The van der Waals surface area contributed by atoms with Crippen LogP contribution in [0.2, 0.25) is 0 Å². The van der Waals surface area contributed by atoms with Gasteiger partial charge in [-0.3, -0.25) is 0 Å². The molecule has 0 aliphatic carbocycles. The van der Waals surface area contributed by atoms with Crippen LogP contribution in [0.1, 0.15) is 5.56 Å². The predicted molar refractivity (Wildman–Crippen MR) is 131 cm³/mol. The van der Waals surface area contributed by atoms with Crippen LogP contribution in [0.3, 0.4) is 0 Å². The van der Waals surface area contributed by atoms with E-state index < -0.39 is 7.04 Å². The molecule has 0 unspecified atom stereocenters. The van der Waals surface area contributed by atoms with Gasteiger partial charge < -0.3 is 22.7 Å². The molecule has 0 bridgehead atoms. The van der Waals surface area contributed by atoms with Gasteiger partial charge in [-0.05, 0) is 48.5 Å². The smallest absolute Gasteiger partial charge is 0.630 e. The maximum atomic E-state index is 15.2. The molecule has 5 nitrogen and oxygen atoms in total. The molecule has 5 aromatic rings. The summed E-state index contributed by atoms with van der Waals surface area (Å²) >= 11 is 0. The van der Waals surface area contributed by atoms with E-state index in [9.17, 15) is 0 Å². The first-order valence-electron chi connectivity index (χ1n) is 10.9. The second-order valence-corrected chi connectivity index (χ2v) is 8.02. The van der Waals surface area contributed by atoms with Gasteiger partial charge in [0.15, 0.2) is 5.52 Å². The lowest BCUT2D eigenvalue weighted by atomic mass is 10.00. The van der Waals surface area contributed by atoms with Crippen molar-refractivity contribution in [3.05, 3.63) is 109 Å². The van der Waals surface area contributed by atoms with Crippen molar-refractivity contribution in [3.8, 4) is 5.75 Å². The standard InChI is InChI=1S/C26H19BF2N4O/c28-27(29)32(26-30-23-13-7-8-14-24(23)31-26)18-19-15-16-22(17-25(19)34-27)33(20-9-3-1-4-10-20)21-11-5-2-6-12-21/h1-18H,(H,30,31). The second-order valence-electron chi connectivity index (χ2n) is 8.02. The first-order valence-corrected chi connectivity index (χ1v) is 10.9. The summed E-state index contributed by atoms with van der Waals surface area (Å²) in [5.41, 5.74) is 4.37. The molecule has 0 fully saturated rings. The van der Waals surface area contributed by atoms with Crippen LogP contribution in [0.5, 0.6) is 5.75 Å². The third-order valence-corrected chi connectivity index (χ3v) is 5.78. The number of hydrogen-bond acceptors (Lipinski definition) is 3. The molecule has 1 aromatic heterocycles. The molecule has 1 N–H and O–H groups in total. The number of benzene rings is 4. The number of aromatic amines is 1. The van der Waals surface area contributed by atoms with Crippen molar-refractivity contribution in [2.45, 2.75) is 0 Å². The van der Waals surface area contributed by atoms with Gasteiger partial charge in [-0.1, -0.05) is 53.5 Å². The summed E-state index contributed by atoms with van der Waals surface area (Å²) in [6.45, 7) is 0. The molecule has 0 atom stereocenters. The predicted octanol–water partition coefficient (Wildman–Crippen LogP) is 6.56. The third-order valence-electron chi connectivity index (χ3n) is 5.78. The van der Waals surface area contributed by atoms with E-state index in [1.54, 1.807) is 24.3 Å². The molecule has 0 amide bonds. The molecule has 2 heterocycles. The van der Waals surface area contributed by atoms with Crippen molar-refractivity contribution in [1.82, 2.24) is 9.97 Å². The molecule has 8 heteroatoms. The molecule has 166 valence electrons. The maximum absolute atomic E-state index is 15.2. The summed E-state index contributed by atoms with van der Waals surface area (Å²) in [5.74, 6) is 0.155. The number of para-hydroxylation sites is 4. The molecule has 1 aliphatic heterocycles. The maximum Gasteiger partial charge on any atom is 0.701 e. The highest BCUT2D eigenvalue weighted by Gasteiger charge is 2.44. The zero-order valence-electron chi connectivity index (χ0n) is 18.0. The Bertz CT molecular complexity index is 1450. The summed E-state index contributed by atoms with van der Waals surface area (Å²) in [4.78, 5) is 9.27. The topological polar surface area (TPSA) is 44.2 Å². The van der Waals surface area contributed by atoms with E-state index in [2.05, 4.69) is 9.97 Å². The van der Waals surface area contributed by atoms with Gasteiger partial charge in [-0.25, -0.2) is 4.98 Å². The van der Waals surface area contributed by atoms with Crippen LogP contribution >= 0.6 is 0 Å². The summed E-state index contributed by atoms with van der Waals surface area (Å²) < 4.78 is 36.5. The first kappa shape index (κ1) is 20.2. The van der Waals surface area contributed by atoms with E-state index >= 15 is 8.63 Å². The number of fused-ring (bicyclic) bond motifs is 2. The molecule has 0 saturated heterocycles. The van der Waals surface area contributed by atoms with Gasteiger partial charge in [-0.2, -0.15) is 0 Å². The van der Waals surface area contributed by atoms with Gasteiger partial charge in [0.2, 0.25) is 0 Å². The number of aromatic nitrogens is 2. The van der Waals surface area contributed by atoms with Gasteiger partial charge in [0.1, 0.15) is 5.52 Å². The van der Waals surface area contributed by atoms with Gasteiger partial charge in [0.05, 0.1) is 5.75 Å². The number of nitrogens with one attached hydrogen (secondary N) is 1. The average Bonchev–Trinajstić information content (AvgIpc) is 3.28. The normalized spacial score (nSPS) is 14.2. The van der Waals surface area contributed by atoms with E-state index in [4.69, 9.17) is 4.65 Å². The quantitative estimate of drug-likeness (QED) is 0.314. The van der Waals surface area contributed by atoms with E-state index in [-0.39, 0.29) is 11.7 Å². The number of H-pyrrole nitrogens is 1. The lowest BCUT2D eigenvalue weighted by Crippen LogP contribution is -2.47. The Morgan fingerprint density at radius 2 is 1.41 bits per heavy atom. The van der Waals surface area contributed by atoms with Gasteiger partial charge in [0, 0.05) is 34.9 Å². The number of halogens is 2. The fraction of sp³-hybridized carbons (Fsp3) is 0. The van der Waals surface area contributed by atoms with E-state index in [1.165, 1.54) is 6.21 Å². The van der Waals surface area contributed by atoms with Crippen LogP contribution < -0.4 is 9.55 Å². The zero-order valence-corrected chi connectivity index (χ0v) is 18.0. The molecule has 0 saturated carbocycles. The Labute approximate surface area is 194 Å². The largest absolute Gasteiger partial charge is 0.701 e. The highest BCUT2D eigenvalue weighted by atomic mass is 19.3.